The van der Waals surface area contributed by atoms with Crippen molar-refractivity contribution in [3.63, 3.8) is 0 Å². The molecule has 3 nitrogen and oxygen atoms in total. The van der Waals surface area contributed by atoms with E-state index in [1.165, 1.54) is 14.0 Å². The van der Waals surface area contributed by atoms with Crippen molar-refractivity contribution in [1.29, 1.82) is 0 Å². The summed E-state index contributed by atoms with van der Waals surface area (Å²) in [6, 6.07) is 10.2. The summed E-state index contributed by atoms with van der Waals surface area (Å²) < 4.78 is 17.4. The first-order valence-electron chi connectivity index (χ1n) is 5.89. The number of esters is 1. The summed E-state index contributed by atoms with van der Waals surface area (Å²) in [5.41, 5.74) is -0.525. The summed E-state index contributed by atoms with van der Waals surface area (Å²) in [4.78, 5) is 11.4. The number of carbonyl (C=O) groups excluding carboxylic acids is 1. The molecule has 0 fully saturated rings. The third-order valence-corrected chi connectivity index (χ3v) is 3.14. The highest BCUT2D eigenvalue weighted by Gasteiger charge is 2.23. The van der Waals surface area contributed by atoms with Crippen LogP contribution in [-0.4, -0.2) is 24.9 Å². The van der Waals surface area contributed by atoms with Gasteiger partial charge in [0.1, 0.15) is 12.3 Å². The lowest BCUT2D eigenvalue weighted by molar-refractivity contribution is 0.0301. The minimum absolute atomic E-state index is 0.401. The van der Waals surface area contributed by atoms with Crippen LogP contribution in [0.3, 0.4) is 0 Å². The Morgan fingerprint density at radius 1 is 1.26 bits per heavy atom. The molecule has 1 N–H and O–H groups in total. The first-order valence-corrected chi connectivity index (χ1v) is 5.89. The maximum Gasteiger partial charge on any atom is 0.337 e. The Kier molecular flexibility index (Phi) is 3.53. The van der Waals surface area contributed by atoms with Crippen LogP contribution in [0.4, 0.5) is 4.39 Å². The minimum Gasteiger partial charge on any atom is -0.465 e. The predicted octanol–water partition coefficient (Wildman–Crippen LogP) is 2.80. The lowest BCUT2D eigenvalue weighted by Gasteiger charge is -2.20. The van der Waals surface area contributed by atoms with Gasteiger partial charge >= 0.3 is 5.97 Å². The SMILES string of the molecule is COC(=O)c1ccc2cc(C(C)(O)CF)ccc2c1. The van der Waals surface area contributed by atoms with E-state index in [0.29, 0.717) is 11.1 Å². The predicted molar refractivity (Wildman–Crippen MR) is 70.8 cm³/mol. The lowest BCUT2D eigenvalue weighted by Crippen LogP contribution is -2.23. The standard InChI is InChI=1S/C15H15FO3/c1-15(18,9-16)13-6-5-10-7-12(14(17)19-2)4-3-11(10)8-13/h3-8,18H,9H2,1-2H3. The fraction of sp³-hybridized carbons (Fsp3) is 0.267. The zero-order valence-electron chi connectivity index (χ0n) is 10.8. The van der Waals surface area contributed by atoms with Gasteiger partial charge in [0.25, 0.3) is 0 Å². The molecule has 1 atom stereocenters. The highest BCUT2D eigenvalue weighted by atomic mass is 19.1. The molecule has 0 saturated heterocycles. The molecular formula is C15H15FO3. The number of alkyl halides is 1. The first-order chi connectivity index (χ1) is 8.97. The second-order valence-corrected chi connectivity index (χ2v) is 4.68. The molecule has 0 radical (unpaired) electrons. The minimum atomic E-state index is -1.49. The van der Waals surface area contributed by atoms with Gasteiger partial charge in [0.15, 0.2) is 0 Å². The highest BCUT2D eigenvalue weighted by Crippen LogP contribution is 2.26. The molecule has 0 heterocycles. The molecule has 2 rings (SSSR count). The van der Waals surface area contributed by atoms with Crippen molar-refractivity contribution in [3.05, 3.63) is 47.5 Å². The van der Waals surface area contributed by atoms with Crippen molar-refractivity contribution >= 4 is 16.7 Å². The molecule has 0 amide bonds. The summed E-state index contributed by atoms with van der Waals surface area (Å²) in [5, 5.41) is 11.6. The largest absolute Gasteiger partial charge is 0.465 e. The molecule has 2 aromatic rings. The second-order valence-electron chi connectivity index (χ2n) is 4.68. The third kappa shape index (κ3) is 2.58. The zero-order valence-corrected chi connectivity index (χ0v) is 10.8. The van der Waals surface area contributed by atoms with Crippen molar-refractivity contribution in [2.45, 2.75) is 12.5 Å². The van der Waals surface area contributed by atoms with Crippen molar-refractivity contribution in [2.75, 3.05) is 13.8 Å². The van der Waals surface area contributed by atoms with Gasteiger partial charge in [-0.15, -0.1) is 0 Å². The normalized spacial score (nSPS) is 14.1. The smallest absolute Gasteiger partial charge is 0.337 e. The van der Waals surface area contributed by atoms with Gasteiger partial charge in [0.2, 0.25) is 0 Å². The Bertz CT molecular complexity index is 620. The zero-order chi connectivity index (χ0) is 14.0. The molecule has 0 aliphatic rings. The Morgan fingerprint density at radius 2 is 1.89 bits per heavy atom. The molecule has 0 spiro atoms. The maximum atomic E-state index is 12.8. The van der Waals surface area contributed by atoms with Crippen LogP contribution >= 0.6 is 0 Å². The van der Waals surface area contributed by atoms with E-state index in [9.17, 15) is 14.3 Å². The summed E-state index contributed by atoms with van der Waals surface area (Å²) in [5.74, 6) is -0.401. The molecule has 0 aromatic heterocycles. The maximum absolute atomic E-state index is 12.8. The molecule has 1 unspecified atom stereocenters. The van der Waals surface area contributed by atoms with Gasteiger partial charge in [-0.1, -0.05) is 18.2 Å². The Hall–Kier alpha value is -1.94. The molecule has 19 heavy (non-hydrogen) atoms. The van der Waals surface area contributed by atoms with Crippen LogP contribution in [-0.2, 0) is 10.3 Å². The molecule has 100 valence electrons. The number of hydrogen-bond donors (Lipinski definition) is 1. The second kappa shape index (κ2) is 4.97. The van der Waals surface area contributed by atoms with Crippen molar-refractivity contribution in [1.82, 2.24) is 0 Å². The van der Waals surface area contributed by atoms with Crippen LogP contribution in [0.15, 0.2) is 36.4 Å². The third-order valence-electron chi connectivity index (χ3n) is 3.14. The van der Waals surface area contributed by atoms with Gasteiger partial charge in [-0.3, -0.25) is 0 Å². The highest BCUT2D eigenvalue weighted by molar-refractivity contribution is 5.95. The van der Waals surface area contributed by atoms with Crippen molar-refractivity contribution in [2.24, 2.45) is 0 Å². The number of methoxy groups -OCH3 is 1. The summed E-state index contributed by atoms with van der Waals surface area (Å²) in [6.07, 6.45) is 0. The molecule has 0 aliphatic heterocycles. The fourth-order valence-corrected chi connectivity index (χ4v) is 1.90. The molecule has 0 bridgehead atoms. The summed E-state index contributed by atoms with van der Waals surface area (Å²) >= 11 is 0. The molecule has 0 saturated carbocycles. The number of ether oxygens (including phenoxy) is 1. The Balaban J connectivity index is 2.49. The molecule has 4 heteroatoms. The quantitative estimate of drug-likeness (QED) is 0.865. The van der Waals surface area contributed by atoms with E-state index in [-0.39, 0.29) is 0 Å². The van der Waals surface area contributed by atoms with Crippen LogP contribution < -0.4 is 0 Å². The van der Waals surface area contributed by atoms with Gasteiger partial charge in [0, 0.05) is 0 Å². The molecule has 2 aromatic carbocycles. The number of aliphatic hydroxyl groups is 1. The van der Waals surface area contributed by atoms with Crippen LogP contribution in [0.5, 0.6) is 0 Å². The van der Waals surface area contributed by atoms with E-state index in [1.807, 2.05) is 0 Å². The molecular weight excluding hydrogens is 247 g/mol. The van der Waals surface area contributed by atoms with Gasteiger partial charge < -0.3 is 9.84 Å². The van der Waals surface area contributed by atoms with Crippen LogP contribution in [0.2, 0.25) is 0 Å². The van der Waals surface area contributed by atoms with Crippen molar-refractivity contribution in [3.8, 4) is 0 Å². The van der Waals surface area contributed by atoms with Gasteiger partial charge in [-0.05, 0) is 41.5 Å². The van der Waals surface area contributed by atoms with Gasteiger partial charge in [-0.25, -0.2) is 9.18 Å². The lowest BCUT2D eigenvalue weighted by atomic mass is 9.94. The first kappa shape index (κ1) is 13.5. The Morgan fingerprint density at radius 3 is 2.53 bits per heavy atom. The number of hydrogen-bond acceptors (Lipinski definition) is 3. The molecule has 0 aliphatic carbocycles. The van der Waals surface area contributed by atoms with Crippen molar-refractivity contribution < 1.29 is 19.0 Å². The van der Waals surface area contributed by atoms with E-state index in [2.05, 4.69) is 4.74 Å². The summed E-state index contributed by atoms with van der Waals surface area (Å²) in [7, 11) is 1.33. The van der Waals surface area contributed by atoms with E-state index in [0.717, 1.165) is 10.8 Å². The number of carbonyl (C=O) groups is 1. The van der Waals surface area contributed by atoms with E-state index < -0.39 is 18.2 Å². The average Bonchev–Trinajstić information content (AvgIpc) is 2.45. The van der Waals surface area contributed by atoms with Crippen LogP contribution in [0, 0.1) is 0 Å². The van der Waals surface area contributed by atoms with E-state index >= 15 is 0 Å². The number of fused-ring (bicyclic) bond motifs is 1. The van der Waals surface area contributed by atoms with Crippen LogP contribution in [0.25, 0.3) is 10.8 Å². The monoisotopic (exact) mass is 262 g/mol. The Labute approximate surface area is 110 Å². The van der Waals surface area contributed by atoms with Gasteiger partial charge in [-0.2, -0.15) is 0 Å². The van der Waals surface area contributed by atoms with Crippen LogP contribution in [0.1, 0.15) is 22.8 Å². The summed E-state index contributed by atoms with van der Waals surface area (Å²) in [6.45, 7) is 0.579. The fourth-order valence-electron chi connectivity index (χ4n) is 1.90. The van der Waals surface area contributed by atoms with E-state index in [1.54, 1.807) is 36.4 Å². The van der Waals surface area contributed by atoms with E-state index in [4.69, 9.17) is 0 Å². The average molecular weight is 262 g/mol. The number of halogens is 1. The number of rotatable bonds is 3. The topological polar surface area (TPSA) is 46.5 Å². The van der Waals surface area contributed by atoms with Gasteiger partial charge in [0.05, 0.1) is 12.7 Å². The number of benzene rings is 2.